The summed E-state index contributed by atoms with van der Waals surface area (Å²) in [6.45, 7) is 3.12. The predicted molar refractivity (Wildman–Crippen MR) is 516 cm³/mol. The third-order valence-corrected chi connectivity index (χ3v) is 28.5. The maximum Gasteiger partial charge on any atom is 0.257 e. The first-order valence-electron chi connectivity index (χ1n) is 47.1. The number of rotatable bonds is 24. The molecule has 0 aromatic carbocycles. The lowest BCUT2D eigenvalue weighted by Crippen LogP contribution is -2.51. The molecule has 0 bridgehead atoms. The van der Waals surface area contributed by atoms with E-state index in [1.54, 1.807) is 92.4 Å². The molecule has 0 spiro atoms. The first-order chi connectivity index (χ1) is 68.3. The van der Waals surface area contributed by atoms with Crippen molar-refractivity contribution < 1.29 is 65.5 Å². The van der Waals surface area contributed by atoms with E-state index >= 15 is 0 Å². The summed E-state index contributed by atoms with van der Waals surface area (Å²) in [6, 6.07) is 21.9. The van der Waals surface area contributed by atoms with Gasteiger partial charge in [-0.05, 0) is 120 Å². The molecular weight excluding hydrogens is 1800 g/mol. The highest BCUT2D eigenvalue weighted by atomic mass is 19.1. The van der Waals surface area contributed by atoms with Crippen molar-refractivity contribution in [1.29, 1.82) is 0 Å². The summed E-state index contributed by atoms with van der Waals surface area (Å²) < 4.78 is 95.7. The molecule has 1 unspecified atom stereocenters. The molecule has 4 saturated heterocycles. The summed E-state index contributed by atoms with van der Waals surface area (Å²) in [5, 5.41) is 46.0. The highest BCUT2D eigenvalue weighted by Gasteiger charge is 2.41. The van der Waals surface area contributed by atoms with E-state index in [2.05, 4.69) is 107 Å². The van der Waals surface area contributed by atoms with Gasteiger partial charge in [0.1, 0.15) is 86.6 Å². The Kier molecular flexibility index (Phi) is 25.6. The van der Waals surface area contributed by atoms with Crippen LogP contribution in [0.1, 0.15) is 123 Å². The maximum atomic E-state index is 14.6. The van der Waals surface area contributed by atoms with Crippen LogP contribution in [-0.2, 0) is 33.2 Å². The van der Waals surface area contributed by atoms with Crippen LogP contribution in [0, 0.1) is 0 Å². The number of methoxy groups -OCH3 is 4. The van der Waals surface area contributed by atoms with Crippen molar-refractivity contribution in [2.45, 2.75) is 149 Å². The second-order valence-electron chi connectivity index (χ2n) is 36.4. The number of aromatic nitrogens is 20. The summed E-state index contributed by atoms with van der Waals surface area (Å²) in [7, 11) is 16.0. The SMILES string of the molecule is CNc1cc(-c2cn([C@@H]3COC[C@@H]3F)c3ncccc23)nc2c(C(=O)NC3CC[C@@H]3OC)cnn12.CNc1cc(-c2cn([C@@H]3COC[C@@H]3F)c3ncccc23)nc2c(C(=O)N[C@@H]3CC[C@H]3OC)cnn12.CNc1cc(-c2cn([C@@H]3COC[C@@H]3F)c3ncccc23)nc2c(C(=O)N[C@H]3CC[C@@H]3OC)cnn12.CNc1cc(-c2cn([C@H]3CCN(C)C3)c3ncccc23)nc2c(C(=O)N[C@@H]3CC[C@H]3OC)cnn12. The number of ether oxygens (including phenoxy) is 7. The molecule has 16 aromatic rings. The molecule has 8 N–H and O–H groups in total. The Labute approximate surface area is 799 Å². The average Bonchev–Trinajstić information content (AvgIpc) is 1.60. The van der Waals surface area contributed by atoms with Gasteiger partial charge in [-0.2, -0.15) is 38.5 Å². The molecule has 8 aliphatic rings. The topological polar surface area (TPSA) is 424 Å². The molecule has 728 valence electrons. The van der Waals surface area contributed by atoms with Crippen molar-refractivity contribution in [3.8, 4) is 45.0 Å². The Balaban J connectivity index is 0.000000111. The van der Waals surface area contributed by atoms with Gasteiger partial charge in [0.2, 0.25) is 0 Å². The maximum absolute atomic E-state index is 14.6. The molecule has 20 heterocycles. The Morgan fingerprint density at radius 2 is 0.621 bits per heavy atom. The minimum Gasteiger partial charge on any atom is -0.379 e. The molecule has 16 aromatic heterocycles. The van der Waals surface area contributed by atoms with Crippen LogP contribution in [0.15, 0.2) is 147 Å². The van der Waals surface area contributed by atoms with Crippen molar-refractivity contribution in [3.05, 3.63) is 169 Å². The number of nitrogens with one attached hydrogen (secondary N) is 8. The van der Waals surface area contributed by atoms with Crippen molar-refractivity contribution in [1.82, 2.24) is 123 Å². The molecule has 24 rings (SSSR count). The number of nitrogens with zero attached hydrogens (tertiary/aromatic N) is 21. The summed E-state index contributed by atoms with van der Waals surface area (Å²) >= 11 is 0. The van der Waals surface area contributed by atoms with Gasteiger partial charge in [-0.25, -0.2) is 53.0 Å². The number of carbonyl (C=O) groups is 4. The van der Waals surface area contributed by atoms with Crippen LogP contribution in [0.2, 0.25) is 0 Å². The molecule has 4 saturated carbocycles. The number of pyridine rings is 4. The molecule has 4 aliphatic carbocycles. The number of fused-ring (bicyclic) bond motifs is 8. The minimum atomic E-state index is -1.11. The number of likely N-dealkylation sites (N-methyl/N-ethyl adjacent to an activating group) is 1. The van der Waals surface area contributed by atoms with Crippen molar-refractivity contribution in [3.63, 3.8) is 0 Å². The van der Waals surface area contributed by atoms with Crippen LogP contribution in [0.25, 0.3) is 112 Å². The van der Waals surface area contributed by atoms with Crippen LogP contribution in [0.5, 0.6) is 0 Å². The van der Waals surface area contributed by atoms with E-state index in [-0.39, 0.29) is 112 Å². The van der Waals surface area contributed by atoms with E-state index in [4.69, 9.17) is 58.1 Å². The van der Waals surface area contributed by atoms with E-state index < -0.39 is 36.6 Å². The Hall–Kier alpha value is -14.2. The smallest absolute Gasteiger partial charge is 0.257 e. The third-order valence-electron chi connectivity index (χ3n) is 28.5. The van der Waals surface area contributed by atoms with Crippen LogP contribution in [0.3, 0.4) is 0 Å². The van der Waals surface area contributed by atoms with Gasteiger partial charge in [0.25, 0.3) is 23.6 Å². The fourth-order valence-corrected chi connectivity index (χ4v) is 20.0. The van der Waals surface area contributed by atoms with Gasteiger partial charge >= 0.3 is 0 Å². The lowest BCUT2D eigenvalue weighted by atomic mass is 9.89. The monoisotopic (exact) mass is 1910 g/mol. The second kappa shape index (κ2) is 38.9. The number of carbonyl (C=O) groups excluding carboxylic acids is 4. The first-order valence-corrected chi connectivity index (χ1v) is 47.1. The van der Waals surface area contributed by atoms with Gasteiger partial charge in [0, 0.05) is 187 Å². The molecule has 40 nitrogen and oxygen atoms in total. The third kappa shape index (κ3) is 16.9. The zero-order valence-corrected chi connectivity index (χ0v) is 78.6. The summed E-state index contributed by atoms with van der Waals surface area (Å²) in [4.78, 5) is 92.5. The zero-order chi connectivity index (χ0) is 96.4. The van der Waals surface area contributed by atoms with E-state index in [0.717, 1.165) is 132 Å². The van der Waals surface area contributed by atoms with Gasteiger partial charge in [-0.1, -0.05) is 0 Å². The summed E-state index contributed by atoms with van der Waals surface area (Å²) in [6.07, 6.45) is 26.0. The van der Waals surface area contributed by atoms with Crippen LogP contribution < -0.4 is 42.5 Å². The molecule has 4 amide bonds. The predicted octanol–water partition coefficient (Wildman–Crippen LogP) is 10.4. The Morgan fingerprint density at radius 1 is 0.357 bits per heavy atom. The summed E-state index contributed by atoms with van der Waals surface area (Å²) in [5.41, 5.74) is 12.3. The average molecular weight is 1910 g/mol. The fourth-order valence-electron chi connectivity index (χ4n) is 20.0. The lowest BCUT2D eigenvalue weighted by molar-refractivity contribution is 0.00731. The van der Waals surface area contributed by atoms with Gasteiger partial charge in [0.15, 0.2) is 22.6 Å². The van der Waals surface area contributed by atoms with Gasteiger partial charge in [0.05, 0.1) is 154 Å². The van der Waals surface area contributed by atoms with Gasteiger partial charge in [-0.15, -0.1) is 0 Å². The van der Waals surface area contributed by atoms with Crippen molar-refractivity contribution in [2.24, 2.45) is 0 Å². The highest BCUT2D eigenvalue weighted by Crippen LogP contribution is 2.43. The minimum absolute atomic E-state index is 0.0167. The number of anilines is 4. The molecule has 8 fully saturated rings. The quantitative estimate of drug-likeness (QED) is 0.0279. The van der Waals surface area contributed by atoms with Gasteiger partial charge in [-0.3, -0.25) is 19.2 Å². The first kappa shape index (κ1) is 92.2. The van der Waals surface area contributed by atoms with Crippen molar-refractivity contribution in [2.75, 3.05) is 138 Å². The molecule has 43 heteroatoms. The Morgan fingerprint density at radius 3 is 0.843 bits per heavy atom. The van der Waals surface area contributed by atoms with Gasteiger partial charge < -0.3 is 98.9 Å². The zero-order valence-electron chi connectivity index (χ0n) is 78.6. The molecule has 15 atom stereocenters. The number of halogens is 3. The molecule has 140 heavy (non-hydrogen) atoms. The van der Waals surface area contributed by atoms with Crippen molar-refractivity contribution >= 4 is 114 Å². The van der Waals surface area contributed by atoms with Crippen LogP contribution >= 0.6 is 0 Å². The van der Waals surface area contributed by atoms with E-state index in [1.165, 1.54) is 18.6 Å². The van der Waals surface area contributed by atoms with Crippen LogP contribution in [-0.4, -0.2) is 309 Å². The number of likely N-dealkylation sites (tertiary alicyclic amines) is 1. The van der Waals surface area contributed by atoms with E-state index in [0.29, 0.717) is 102 Å². The number of amides is 4. The lowest BCUT2D eigenvalue weighted by Gasteiger charge is -2.35. The van der Waals surface area contributed by atoms with E-state index in [9.17, 15) is 32.3 Å². The van der Waals surface area contributed by atoms with E-state index in [1.807, 2.05) is 112 Å². The second-order valence-corrected chi connectivity index (χ2v) is 36.4. The number of hydrogen-bond acceptors (Lipinski definition) is 28. The highest BCUT2D eigenvalue weighted by molar-refractivity contribution is 6.05. The Bertz CT molecular complexity index is 6860. The number of alkyl halides is 3. The number of hydrogen-bond donors (Lipinski definition) is 8. The van der Waals surface area contributed by atoms with Crippen LogP contribution in [0.4, 0.5) is 36.4 Å². The molecular formula is C97H108F3N29O11. The standard InChI is InChI=1S/C25H30N8O2.3C24H26FN7O3/c1-26-22-11-20(18-14-32(15-8-10-31(2)13-15)23-16(18)5-4-9-27-23)29-24-17(12-28-33(22)24)25(34)30-19-6-7-21(19)35-3;3*1-26-21-8-18(15-10-31(19-12-35-11-16(19)25)22-13(15)4-3-7-27-22)29-23-14(9-28-32(21)23)24(33)30-17-5-6-20(17)34-2/h4-5,9,11-12,14-15,19,21,26H,6-8,10,13H2,1-3H3,(H,30,34);3*3-4,7-10,16-17,19-20,26H,5-6,11-12H2,1-2H3,(H,30,33)/t15-,19+,21+;16-,17?,19+,20-;16-,17+,19+,20+;16-,17-,19+,20-/m0000/s1. The normalized spacial score (nSPS) is 23.7. The largest absolute Gasteiger partial charge is 0.379 e. The fraction of sp³-hybridized carbons (Fsp3) is 0.423. The molecule has 0 radical (unpaired) electrons. The summed E-state index contributed by atoms with van der Waals surface area (Å²) in [5.74, 6) is 1.84. The molecule has 4 aliphatic heterocycles.